The van der Waals surface area contributed by atoms with Gasteiger partial charge in [-0.05, 0) is 64.2 Å². The molecule has 1 aliphatic carbocycles. The van der Waals surface area contributed by atoms with Gasteiger partial charge in [0.15, 0.2) is 0 Å². The summed E-state index contributed by atoms with van der Waals surface area (Å²) in [6.07, 6.45) is 3.91. The minimum absolute atomic E-state index is 0.00149. The Bertz CT molecular complexity index is 728. The lowest BCUT2D eigenvalue weighted by molar-refractivity contribution is 0.00775. The Morgan fingerprint density at radius 3 is 2.16 bits per heavy atom. The zero-order valence-corrected chi connectivity index (χ0v) is 19.4. The summed E-state index contributed by atoms with van der Waals surface area (Å²) in [6, 6.07) is 8.35. The van der Waals surface area contributed by atoms with Gasteiger partial charge in [0, 0.05) is 50.9 Å². The molecule has 1 heterocycles. The summed E-state index contributed by atoms with van der Waals surface area (Å²) in [5, 5.41) is 3.20. The normalized spacial score (nSPS) is 22.8. The minimum Gasteiger partial charge on any atom is -0.444 e. The van der Waals surface area contributed by atoms with Gasteiger partial charge in [0.25, 0.3) is 5.91 Å². The summed E-state index contributed by atoms with van der Waals surface area (Å²) < 4.78 is 10.6. The van der Waals surface area contributed by atoms with Crippen molar-refractivity contribution >= 4 is 12.0 Å². The van der Waals surface area contributed by atoms with Crippen LogP contribution >= 0.6 is 0 Å². The second-order valence-corrected chi connectivity index (χ2v) is 9.61. The number of methoxy groups -OCH3 is 1. The third-order valence-corrected chi connectivity index (χ3v) is 6.04. The molecule has 7 heteroatoms. The van der Waals surface area contributed by atoms with Crippen molar-refractivity contribution in [3.05, 3.63) is 35.4 Å². The van der Waals surface area contributed by atoms with Crippen molar-refractivity contribution < 1.29 is 19.1 Å². The number of nitrogens with zero attached hydrogens (tertiary/aromatic N) is 2. The number of ether oxygens (including phenoxy) is 2. The molecule has 0 aromatic heterocycles. The fourth-order valence-corrected chi connectivity index (χ4v) is 4.37. The van der Waals surface area contributed by atoms with E-state index >= 15 is 0 Å². The van der Waals surface area contributed by atoms with Gasteiger partial charge < -0.3 is 19.7 Å². The van der Waals surface area contributed by atoms with Crippen molar-refractivity contribution in [1.82, 2.24) is 15.1 Å². The summed E-state index contributed by atoms with van der Waals surface area (Å²) in [6.45, 7) is 9.44. The van der Waals surface area contributed by atoms with Crippen LogP contribution in [0.3, 0.4) is 0 Å². The van der Waals surface area contributed by atoms with E-state index in [0.29, 0.717) is 31.3 Å². The predicted molar refractivity (Wildman–Crippen MR) is 120 cm³/mol. The molecule has 0 bridgehead atoms. The number of carbonyl (C=O) groups excluding carboxylic acids is 2. The van der Waals surface area contributed by atoms with E-state index < -0.39 is 5.60 Å². The molecule has 0 spiro atoms. The van der Waals surface area contributed by atoms with E-state index in [1.54, 1.807) is 7.11 Å². The van der Waals surface area contributed by atoms with Gasteiger partial charge in [0.05, 0.1) is 6.61 Å². The van der Waals surface area contributed by atoms with E-state index in [1.165, 1.54) is 0 Å². The number of benzene rings is 1. The number of hydrogen-bond donors (Lipinski definition) is 1. The summed E-state index contributed by atoms with van der Waals surface area (Å²) in [4.78, 5) is 29.1. The van der Waals surface area contributed by atoms with Crippen LogP contribution in [-0.4, -0.2) is 72.8 Å². The molecule has 1 saturated carbocycles. The number of amides is 2. The highest BCUT2D eigenvalue weighted by Crippen LogP contribution is 2.25. The van der Waals surface area contributed by atoms with E-state index in [9.17, 15) is 9.59 Å². The molecule has 0 radical (unpaired) electrons. The maximum absolute atomic E-state index is 12.6. The molecule has 2 aliphatic rings. The van der Waals surface area contributed by atoms with Crippen LogP contribution in [0.4, 0.5) is 4.79 Å². The number of hydrogen-bond acceptors (Lipinski definition) is 5. The Hall–Kier alpha value is -2.12. The first-order valence-corrected chi connectivity index (χ1v) is 11.4. The first kappa shape index (κ1) is 23.5. The Kier molecular flexibility index (Phi) is 7.94. The smallest absolute Gasteiger partial charge is 0.410 e. The van der Waals surface area contributed by atoms with E-state index in [4.69, 9.17) is 9.47 Å². The predicted octanol–water partition coefficient (Wildman–Crippen LogP) is 3.43. The first-order valence-electron chi connectivity index (χ1n) is 11.4. The van der Waals surface area contributed by atoms with Gasteiger partial charge in [-0.1, -0.05) is 12.1 Å². The lowest BCUT2D eigenvalue weighted by Gasteiger charge is -2.42. The van der Waals surface area contributed by atoms with Crippen LogP contribution in [0, 0.1) is 0 Å². The maximum Gasteiger partial charge on any atom is 0.410 e. The highest BCUT2D eigenvalue weighted by atomic mass is 16.6. The second-order valence-electron chi connectivity index (χ2n) is 9.61. The highest BCUT2D eigenvalue weighted by molar-refractivity contribution is 5.94. The Morgan fingerprint density at radius 2 is 1.61 bits per heavy atom. The molecule has 1 aromatic rings. The maximum atomic E-state index is 12.6. The standard InChI is InChI=1S/C24H37N3O4/c1-24(2,3)31-23(29)27-15-13-26(14-16-27)21-11-9-20(10-12-21)25-22(28)19-7-5-18(6-8-19)17-30-4/h5-8,20-21H,9-17H2,1-4H3,(H,25,28). The third-order valence-electron chi connectivity index (χ3n) is 6.04. The Balaban J connectivity index is 1.40. The fraction of sp³-hybridized carbons (Fsp3) is 0.667. The molecule has 1 N–H and O–H groups in total. The van der Waals surface area contributed by atoms with Crippen LogP contribution < -0.4 is 5.32 Å². The van der Waals surface area contributed by atoms with Crippen LogP contribution in [0.2, 0.25) is 0 Å². The van der Waals surface area contributed by atoms with Crippen LogP contribution in [0.25, 0.3) is 0 Å². The van der Waals surface area contributed by atoms with Gasteiger partial charge >= 0.3 is 6.09 Å². The molecule has 1 aromatic carbocycles. The molecular weight excluding hydrogens is 394 g/mol. The van der Waals surface area contributed by atoms with Crippen LogP contribution in [-0.2, 0) is 16.1 Å². The molecule has 0 atom stereocenters. The first-order chi connectivity index (χ1) is 14.7. The van der Waals surface area contributed by atoms with Crippen molar-refractivity contribution in [3.8, 4) is 0 Å². The van der Waals surface area contributed by atoms with Gasteiger partial charge in [0.1, 0.15) is 5.60 Å². The molecule has 0 unspecified atom stereocenters. The van der Waals surface area contributed by atoms with Crippen molar-refractivity contribution in [1.29, 1.82) is 0 Å². The summed E-state index contributed by atoms with van der Waals surface area (Å²) in [5.41, 5.74) is 1.30. The SMILES string of the molecule is COCc1ccc(C(=O)NC2CCC(N3CCN(C(=O)OC(C)(C)C)CC3)CC2)cc1. The lowest BCUT2D eigenvalue weighted by Crippen LogP contribution is -2.54. The average molecular weight is 432 g/mol. The topological polar surface area (TPSA) is 71.1 Å². The molecule has 31 heavy (non-hydrogen) atoms. The van der Waals surface area contributed by atoms with Crippen molar-refractivity contribution in [2.75, 3.05) is 33.3 Å². The minimum atomic E-state index is -0.455. The largest absolute Gasteiger partial charge is 0.444 e. The summed E-state index contributed by atoms with van der Waals surface area (Å²) in [7, 11) is 1.66. The van der Waals surface area contributed by atoms with Gasteiger partial charge in [0.2, 0.25) is 0 Å². The third kappa shape index (κ3) is 6.94. The Morgan fingerprint density at radius 1 is 1.00 bits per heavy atom. The van der Waals surface area contributed by atoms with Crippen molar-refractivity contribution in [3.63, 3.8) is 0 Å². The number of nitrogens with one attached hydrogen (secondary N) is 1. The number of rotatable bonds is 5. The fourth-order valence-electron chi connectivity index (χ4n) is 4.37. The zero-order chi connectivity index (χ0) is 22.4. The van der Waals surface area contributed by atoms with E-state index in [0.717, 1.165) is 44.3 Å². The second kappa shape index (κ2) is 10.5. The van der Waals surface area contributed by atoms with Gasteiger partial charge in [-0.15, -0.1) is 0 Å². The van der Waals surface area contributed by atoms with E-state index in [1.807, 2.05) is 49.9 Å². The number of carbonyl (C=O) groups is 2. The summed E-state index contributed by atoms with van der Waals surface area (Å²) in [5.74, 6) is -0.00149. The monoisotopic (exact) mass is 431 g/mol. The molecule has 1 saturated heterocycles. The molecule has 2 fully saturated rings. The molecule has 172 valence electrons. The molecule has 7 nitrogen and oxygen atoms in total. The molecule has 2 amide bonds. The van der Waals surface area contributed by atoms with Crippen molar-refractivity contribution in [2.24, 2.45) is 0 Å². The lowest BCUT2D eigenvalue weighted by atomic mass is 9.89. The quantitative estimate of drug-likeness (QED) is 0.773. The molecule has 1 aliphatic heterocycles. The zero-order valence-electron chi connectivity index (χ0n) is 19.4. The Labute approximate surface area is 186 Å². The van der Waals surface area contributed by atoms with E-state index in [2.05, 4.69) is 10.2 Å². The molecular formula is C24H37N3O4. The molecule has 3 rings (SSSR count). The van der Waals surface area contributed by atoms with Crippen molar-refractivity contribution in [2.45, 2.75) is 70.7 Å². The van der Waals surface area contributed by atoms with Gasteiger partial charge in [-0.2, -0.15) is 0 Å². The van der Waals surface area contributed by atoms with Gasteiger partial charge in [-0.25, -0.2) is 4.79 Å². The summed E-state index contributed by atoms with van der Waals surface area (Å²) >= 11 is 0. The van der Waals surface area contributed by atoms with Gasteiger partial charge in [-0.3, -0.25) is 9.69 Å². The van der Waals surface area contributed by atoms with Crippen LogP contribution in [0.5, 0.6) is 0 Å². The van der Waals surface area contributed by atoms with Crippen LogP contribution in [0.1, 0.15) is 62.4 Å². The van der Waals surface area contributed by atoms with E-state index in [-0.39, 0.29) is 18.0 Å². The average Bonchev–Trinajstić information content (AvgIpc) is 2.74. The number of piperazine rings is 1. The van der Waals surface area contributed by atoms with Crippen LogP contribution in [0.15, 0.2) is 24.3 Å². The highest BCUT2D eigenvalue weighted by Gasteiger charge is 2.31.